The molecule has 1 rings (SSSR count). The van der Waals surface area contributed by atoms with Gasteiger partial charge >= 0.3 is 0 Å². The number of benzene rings is 1. The van der Waals surface area contributed by atoms with Gasteiger partial charge in [-0.25, -0.2) is 4.99 Å². The van der Waals surface area contributed by atoms with E-state index in [0.29, 0.717) is 19.8 Å². The van der Waals surface area contributed by atoms with Crippen LogP contribution in [0.3, 0.4) is 0 Å². The van der Waals surface area contributed by atoms with Crippen molar-refractivity contribution in [3.63, 3.8) is 0 Å². The number of nitrogens with one attached hydrogen (secondary N) is 2. The molecule has 5 heteroatoms. The Morgan fingerprint density at radius 3 is 2.50 bits per heavy atom. The predicted molar refractivity (Wildman–Crippen MR) is 91.9 cm³/mol. The average Bonchev–Trinajstić information content (AvgIpc) is 2.43. The van der Waals surface area contributed by atoms with Gasteiger partial charge in [-0.1, -0.05) is 6.07 Å². The van der Waals surface area contributed by atoms with Crippen molar-refractivity contribution in [1.82, 2.24) is 10.6 Å². The lowest BCUT2D eigenvalue weighted by atomic mass is 10.1. The highest BCUT2D eigenvalue weighted by molar-refractivity contribution is 5.80. The van der Waals surface area contributed by atoms with Crippen molar-refractivity contribution in [2.24, 2.45) is 4.99 Å². The second-order valence-corrected chi connectivity index (χ2v) is 5.43. The second kappa shape index (κ2) is 10.1. The maximum Gasteiger partial charge on any atom is 0.191 e. The summed E-state index contributed by atoms with van der Waals surface area (Å²) < 4.78 is 10.9. The molecule has 0 spiro atoms. The highest BCUT2D eigenvalue weighted by atomic mass is 16.5. The summed E-state index contributed by atoms with van der Waals surface area (Å²) in [5.41, 5.74) is 2.42. The summed E-state index contributed by atoms with van der Waals surface area (Å²) in [4.78, 5) is 4.51. The van der Waals surface area contributed by atoms with Gasteiger partial charge in [0.15, 0.2) is 5.96 Å². The first-order chi connectivity index (χ1) is 10.5. The van der Waals surface area contributed by atoms with E-state index in [1.165, 1.54) is 11.1 Å². The molecule has 0 aromatic heterocycles. The molecular formula is C17H29N3O2. The Morgan fingerprint density at radius 1 is 1.23 bits per heavy atom. The van der Waals surface area contributed by atoms with Gasteiger partial charge in [-0.15, -0.1) is 0 Å². The zero-order valence-corrected chi connectivity index (χ0v) is 14.4. The molecule has 0 saturated heterocycles. The molecule has 0 aliphatic rings. The summed E-state index contributed by atoms with van der Waals surface area (Å²) in [6.07, 6.45) is 0. The average molecular weight is 307 g/mol. The van der Waals surface area contributed by atoms with Crippen LogP contribution < -0.4 is 15.4 Å². The minimum Gasteiger partial charge on any atom is -0.492 e. The predicted octanol–water partition coefficient (Wildman–Crippen LogP) is 2.27. The number of guanidine groups is 1. The monoisotopic (exact) mass is 307 g/mol. The molecule has 1 unspecified atom stereocenters. The van der Waals surface area contributed by atoms with Crippen molar-refractivity contribution in [1.29, 1.82) is 0 Å². The normalized spacial score (nSPS) is 12.9. The molecule has 1 atom stereocenters. The fourth-order valence-corrected chi connectivity index (χ4v) is 2.18. The molecule has 0 amide bonds. The van der Waals surface area contributed by atoms with Gasteiger partial charge in [0.1, 0.15) is 12.4 Å². The smallest absolute Gasteiger partial charge is 0.191 e. The molecule has 22 heavy (non-hydrogen) atoms. The maximum absolute atomic E-state index is 5.76. The van der Waals surface area contributed by atoms with Crippen LogP contribution in [0.4, 0.5) is 0 Å². The highest BCUT2D eigenvalue weighted by Gasteiger charge is 2.04. The molecule has 0 aliphatic heterocycles. The molecule has 0 saturated carbocycles. The first-order valence-electron chi connectivity index (χ1n) is 7.80. The van der Waals surface area contributed by atoms with Gasteiger partial charge in [0.2, 0.25) is 0 Å². The number of rotatable bonds is 8. The molecule has 1 aromatic carbocycles. The summed E-state index contributed by atoms with van der Waals surface area (Å²) in [6.45, 7) is 10.9. The van der Waals surface area contributed by atoms with Gasteiger partial charge in [-0.05, 0) is 51.0 Å². The second-order valence-electron chi connectivity index (χ2n) is 5.43. The van der Waals surface area contributed by atoms with Gasteiger partial charge in [0.25, 0.3) is 0 Å². The standard InChI is InChI=1S/C17H29N3O2/c1-6-18-17(20-15(4)12-21-5)19-7-8-22-16-10-13(2)9-14(3)11-16/h9-11,15H,6-8,12H2,1-5H3,(H2,18,19,20). The van der Waals surface area contributed by atoms with Crippen molar-refractivity contribution < 1.29 is 9.47 Å². The van der Waals surface area contributed by atoms with Crippen LogP contribution in [-0.4, -0.2) is 45.4 Å². The molecular weight excluding hydrogens is 278 g/mol. The highest BCUT2D eigenvalue weighted by Crippen LogP contribution is 2.15. The Balaban J connectivity index is 2.45. The zero-order valence-electron chi connectivity index (χ0n) is 14.4. The summed E-state index contributed by atoms with van der Waals surface area (Å²) in [6, 6.07) is 6.43. The molecule has 124 valence electrons. The van der Waals surface area contributed by atoms with Crippen LogP contribution in [0.25, 0.3) is 0 Å². The van der Waals surface area contributed by atoms with E-state index < -0.39 is 0 Å². The number of aliphatic imine (C=N–C) groups is 1. The Labute approximate surface area is 134 Å². The van der Waals surface area contributed by atoms with Crippen LogP contribution in [0.1, 0.15) is 25.0 Å². The summed E-state index contributed by atoms with van der Waals surface area (Å²) in [5.74, 6) is 1.69. The van der Waals surface area contributed by atoms with Gasteiger partial charge in [0, 0.05) is 19.7 Å². The van der Waals surface area contributed by atoms with Gasteiger partial charge in [-0.3, -0.25) is 0 Å². The van der Waals surface area contributed by atoms with Gasteiger partial charge < -0.3 is 20.1 Å². The fourth-order valence-electron chi connectivity index (χ4n) is 2.18. The summed E-state index contributed by atoms with van der Waals surface area (Å²) in [7, 11) is 1.69. The first kappa shape index (κ1) is 18.3. The number of methoxy groups -OCH3 is 1. The van der Waals surface area contributed by atoms with Crippen LogP contribution in [0.2, 0.25) is 0 Å². The van der Waals surface area contributed by atoms with Crippen molar-refractivity contribution in [3.05, 3.63) is 29.3 Å². The first-order valence-corrected chi connectivity index (χ1v) is 7.80. The van der Waals surface area contributed by atoms with Crippen LogP contribution in [-0.2, 0) is 4.74 Å². The zero-order chi connectivity index (χ0) is 16.4. The molecule has 5 nitrogen and oxygen atoms in total. The van der Waals surface area contributed by atoms with Gasteiger partial charge in [-0.2, -0.15) is 0 Å². The van der Waals surface area contributed by atoms with Crippen LogP contribution in [0.15, 0.2) is 23.2 Å². The minimum absolute atomic E-state index is 0.211. The van der Waals surface area contributed by atoms with Crippen molar-refractivity contribution >= 4 is 5.96 Å². The largest absolute Gasteiger partial charge is 0.492 e. The van der Waals surface area contributed by atoms with E-state index in [1.807, 2.05) is 19.1 Å². The van der Waals surface area contributed by atoms with Crippen LogP contribution >= 0.6 is 0 Å². The lowest BCUT2D eigenvalue weighted by Crippen LogP contribution is -2.44. The number of hydrogen-bond donors (Lipinski definition) is 2. The summed E-state index contributed by atoms with van der Waals surface area (Å²) in [5, 5.41) is 6.51. The lowest BCUT2D eigenvalue weighted by Gasteiger charge is -2.17. The van der Waals surface area contributed by atoms with E-state index in [-0.39, 0.29) is 6.04 Å². The third-order valence-electron chi connectivity index (χ3n) is 2.97. The lowest BCUT2D eigenvalue weighted by molar-refractivity contribution is 0.179. The van der Waals surface area contributed by atoms with E-state index in [0.717, 1.165) is 18.3 Å². The number of aryl methyl sites for hydroxylation is 2. The van der Waals surface area contributed by atoms with E-state index >= 15 is 0 Å². The minimum atomic E-state index is 0.211. The van der Waals surface area contributed by atoms with Crippen molar-refractivity contribution in [2.75, 3.05) is 33.4 Å². The van der Waals surface area contributed by atoms with Crippen molar-refractivity contribution in [3.8, 4) is 5.75 Å². The fraction of sp³-hybridized carbons (Fsp3) is 0.588. The van der Waals surface area contributed by atoms with E-state index in [9.17, 15) is 0 Å². The van der Waals surface area contributed by atoms with E-state index in [1.54, 1.807) is 7.11 Å². The third kappa shape index (κ3) is 7.31. The van der Waals surface area contributed by atoms with E-state index in [2.05, 4.69) is 42.5 Å². The molecule has 0 fully saturated rings. The van der Waals surface area contributed by atoms with E-state index in [4.69, 9.17) is 9.47 Å². The molecule has 0 radical (unpaired) electrons. The SMILES string of the molecule is CCNC(=NCCOc1cc(C)cc(C)c1)NC(C)COC. The topological polar surface area (TPSA) is 54.9 Å². The van der Waals surface area contributed by atoms with Crippen LogP contribution in [0.5, 0.6) is 5.75 Å². The molecule has 0 bridgehead atoms. The molecule has 0 aliphatic carbocycles. The Bertz CT molecular complexity index is 455. The third-order valence-corrected chi connectivity index (χ3v) is 2.97. The molecule has 1 aromatic rings. The molecule has 0 heterocycles. The quantitative estimate of drug-likeness (QED) is 0.439. The Morgan fingerprint density at radius 2 is 1.91 bits per heavy atom. The van der Waals surface area contributed by atoms with Gasteiger partial charge in [0.05, 0.1) is 13.2 Å². The number of nitrogens with zero attached hydrogens (tertiary/aromatic N) is 1. The maximum atomic E-state index is 5.76. The number of hydrogen-bond acceptors (Lipinski definition) is 3. The Hall–Kier alpha value is -1.75. The summed E-state index contributed by atoms with van der Waals surface area (Å²) >= 11 is 0. The van der Waals surface area contributed by atoms with Crippen molar-refractivity contribution in [2.45, 2.75) is 33.7 Å². The molecule has 2 N–H and O–H groups in total. The number of ether oxygens (including phenoxy) is 2. The van der Waals surface area contributed by atoms with Crippen LogP contribution in [0, 0.1) is 13.8 Å². The Kier molecular flexibility index (Phi) is 8.36.